The van der Waals surface area contributed by atoms with Crippen LogP contribution in [0.15, 0.2) is 11.5 Å². The average Bonchev–Trinajstić information content (AvgIpc) is 2.66. The number of hydrogen-bond acceptors (Lipinski definition) is 3. The van der Waals surface area contributed by atoms with Gasteiger partial charge in [0.25, 0.3) is 0 Å². The zero-order valence-corrected chi connectivity index (χ0v) is 11.2. The fraction of sp³-hybridized carbons (Fsp3) is 0.846. The summed E-state index contributed by atoms with van der Waals surface area (Å²) in [7, 11) is -0.153. The molecule has 0 amide bonds. The Morgan fingerprint density at radius 3 is 2.06 bits per heavy atom. The molecule has 0 saturated carbocycles. The molecule has 0 atom stereocenters. The van der Waals surface area contributed by atoms with Crippen molar-refractivity contribution in [2.75, 3.05) is 13.2 Å². The van der Waals surface area contributed by atoms with E-state index in [9.17, 15) is 0 Å². The minimum absolute atomic E-state index is 0.153. The highest BCUT2D eigenvalue weighted by molar-refractivity contribution is 6.54. The highest BCUT2D eigenvalue weighted by Gasteiger charge is 2.54. The Bertz CT molecular complexity index is 353. The second kappa shape index (κ2) is 3.37. The maximum atomic E-state index is 6.08. The lowest BCUT2D eigenvalue weighted by molar-refractivity contribution is -0.105. The highest BCUT2D eigenvalue weighted by atomic mass is 16.7. The SMILES string of the molecule is CC1(C)OB(C2=CCC3(COC3)C2)OC1(C)C. The van der Waals surface area contributed by atoms with Crippen LogP contribution >= 0.6 is 0 Å². The second-order valence-corrected chi connectivity index (χ2v) is 6.74. The van der Waals surface area contributed by atoms with Gasteiger partial charge in [-0.2, -0.15) is 0 Å². The van der Waals surface area contributed by atoms with Crippen molar-refractivity contribution in [3.05, 3.63) is 11.5 Å². The number of hydrogen-bond donors (Lipinski definition) is 0. The smallest absolute Gasteiger partial charge is 0.400 e. The molecular formula is C13H21BO3. The predicted molar refractivity (Wildman–Crippen MR) is 66.7 cm³/mol. The van der Waals surface area contributed by atoms with Gasteiger partial charge in [-0.1, -0.05) is 6.08 Å². The lowest BCUT2D eigenvalue weighted by Gasteiger charge is -2.38. The summed E-state index contributed by atoms with van der Waals surface area (Å²) in [5, 5.41) is 0. The van der Waals surface area contributed by atoms with E-state index < -0.39 is 0 Å². The van der Waals surface area contributed by atoms with Gasteiger partial charge in [0.1, 0.15) is 0 Å². The normalized spacial score (nSPS) is 32.7. The molecule has 0 aromatic carbocycles. The molecular weight excluding hydrogens is 215 g/mol. The molecule has 0 aromatic heterocycles. The first kappa shape index (κ1) is 11.8. The standard InChI is InChI=1S/C13H21BO3/c1-11(2)12(3,4)17-14(16-11)10-5-6-13(7-10)8-15-9-13/h5H,6-9H2,1-4H3. The highest BCUT2D eigenvalue weighted by Crippen LogP contribution is 2.47. The van der Waals surface area contributed by atoms with Crippen LogP contribution in [-0.4, -0.2) is 31.5 Å². The van der Waals surface area contributed by atoms with Crippen molar-refractivity contribution in [2.45, 2.75) is 51.7 Å². The molecule has 2 fully saturated rings. The fourth-order valence-electron chi connectivity index (χ4n) is 2.71. The molecule has 2 saturated heterocycles. The third-order valence-electron chi connectivity index (χ3n) is 4.75. The summed E-state index contributed by atoms with van der Waals surface area (Å²) in [4.78, 5) is 0. The molecule has 4 heteroatoms. The molecule has 3 rings (SSSR count). The Kier molecular flexibility index (Phi) is 2.33. The molecule has 2 aliphatic heterocycles. The Morgan fingerprint density at radius 1 is 1.06 bits per heavy atom. The monoisotopic (exact) mass is 236 g/mol. The van der Waals surface area contributed by atoms with Crippen molar-refractivity contribution < 1.29 is 14.0 Å². The number of rotatable bonds is 1. The lowest BCUT2D eigenvalue weighted by atomic mass is 9.72. The van der Waals surface area contributed by atoms with E-state index in [0.29, 0.717) is 5.41 Å². The van der Waals surface area contributed by atoms with E-state index in [1.54, 1.807) is 0 Å². The Labute approximate surface area is 104 Å². The van der Waals surface area contributed by atoms with E-state index in [1.165, 1.54) is 5.47 Å². The van der Waals surface area contributed by atoms with Gasteiger partial charge in [-0.15, -0.1) is 0 Å². The fourth-order valence-corrected chi connectivity index (χ4v) is 2.71. The third-order valence-corrected chi connectivity index (χ3v) is 4.75. The summed E-state index contributed by atoms with van der Waals surface area (Å²) in [6, 6.07) is 0. The second-order valence-electron chi connectivity index (χ2n) is 6.74. The average molecular weight is 236 g/mol. The zero-order valence-electron chi connectivity index (χ0n) is 11.2. The zero-order chi connectivity index (χ0) is 12.3. The van der Waals surface area contributed by atoms with Crippen LogP contribution < -0.4 is 0 Å². The number of ether oxygens (including phenoxy) is 1. The van der Waals surface area contributed by atoms with E-state index in [-0.39, 0.29) is 18.3 Å². The van der Waals surface area contributed by atoms with Crippen LogP contribution in [0, 0.1) is 5.41 Å². The van der Waals surface area contributed by atoms with Crippen LogP contribution in [0.25, 0.3) is 0 Å². The first-order valence-corrected chi connectivity index (χ1v) is 6.46. The lowest BCUT2D eigenvalue weighted by Crippen LogP contribution is -2.41. The van der Waals surface area contributed by atoms with E-state index in [1.807, 2.05) is 0 Å². The van der Waals surface area contributed by atoms with Gasteiger partial charge in [0.2, 0.25) is 0 Å². The van der Waals surface area contributed by atoms with Gasteiger partial charge >= 0.3 is 7.12 Å². The van der Waals surface area contributed by atoms with Crippen molar-refractivity contribution in [3.63, 3.8) is 0 Å². The van der Waals surface area contributed by atoms with Crippen molar-refractivity contribution in [2.24, 2.45) is 5.41 Å². The molecule has 3 nitrogen and oxygen atoms in total. The van der Waals surface area contributed by atoms with Gasteiger partial charge in [-0.05, 0) is 46.0 Å². The molecule has 1 spiro atoms. The van der Waals surface area contributed by atoms with Crippen molar-refractivity contribution in [1.82, 2.24) is 0 Å². The summed E-state index contributed by atoms with van der Waals surface area (Å²) in [5.74, 6) is 0. The van der Waals surface area contributed by atoms with Crippen LogP contribution in [0.1, 0.15) is 40.5 Å². The molecule has 3 aliphatic rings. The first-order chi connectivity index (χ1) is 7.84. The quantitative estimate of drug-likeness (QED) is 0.654. The van der Waals surface area contributed by atoms with Gasteiger partial charge in [0.05, 0.1) is 24.4 Å². The molecule has 0 bridgehead atoms. The van der Waals surface area contributed by atoms with Gasteiger partial charge in [-0.25, -0.2) is 0 Å². The maximum absolute atomic E-state index is 6.08. The van der Waals surface area contributed by atoms with Crippen LogP contribution in [0.3, 0.4) is 0 Å². The van der Waals surface area contributed by atoms with Crippen LogP contribution in [0.5, 0.6) is 0 Å². The summed E-state index contributed by atoms with van der Waals surface area (Å²) < 4.78 is 17.5. The Hall–Kier alpha value is -0.315. The van der Waals surface area contributed by atoms with E-state index in [2.05, 4.69) is 33.8 Å². The summed E-state index contributed by atoms with van der Waals surface area (Å²) >= 11 is 0. The van der Waals surface area contributed by atoms with Crippen molar-refractivity contribution in [1.29, 1.82) is 0 Å². The molecule has 94 valence electrons. The van der Waals surface area contributed by atoms with Crippen LogP contribution in [0.2, 0.25) is 0 Å². The Morgan fingerprint density at radius 2 is 1.65 bits per heavy atom. The molecule has 2 heterocycles. The predicted octanol–water partition coefficient (Wildman–Crippen LogP) is 2.35. The first-order valence-electron chi connectivity index (χ1n) is 6.46. The molecule has 1 aliphatic carbocycles. The molecule has 17 heavy (non-hydrogen) atoms. The maximum Gasteiger partial charge on any atom is 0.490 e. The van der Waals surface area contributed by atoms with Gasteiger partial charge in [0, 0.05) is 5.41 Å². The van der Waals surface area contributed by atoms with Gasteiger partial charge in [-0.3, -0.25) is 0 Å². The summed E-state index contributed by atoms with van der Waals surface area (Å²) in [6.45, 7) is 10.2. The van der Waals surface area contributed by atoms with Crippen molar-refractivity contribution >= 4 is 7.12 Å². The topological polar surface area (TPSA) is 27.7 Å². The molecule has 0 aromatic rings. The Balaban J connectivity index is 1.72. The van der Waals surface area contributed by atoms with Gasteiger partial charge in [0.15, 0.2) is 0 Å². The van der Waals surface area contributed by atoms with Crippen LogP contribution in [-0.2, 0) is 14.0 Å². The third kappa shape index (κ3) is 1.69. The van der Waals surface area contributed by atoms with E-state index >= 15 is 0 Å². The largest absolute Gasteiger partial charge is 0.490 e. The molecule has 0 unspecified atom stereocenters. The summed E-state index contributed by atoms with van der Waals surface area (Å²) in [5.41, 5.74) is 1.22. The number of allylic oxidation sites excluding steroid dienone is 2. The van der Waals surface area contributed by atoms with Crippen LogP contribution in [0.4, 0.5) is 0 Å². The van der Waals surface area contributed by atoms with Crippen molar-refractivity contribution in [3.8, 4) is 0 Å². The summed E-state index contributed by atoms with van der Waals surface area (Å²) in [6.07, 6.45) is 4.49. The molecule has 0 radical (unpaired) electrons. The van der Waals surface area contributed by atoms with E-state index in [0.717, 1.165) is 26.1 Å². The minimum Gasteiger partial charge on any atom is -0.400 e. The van der Waals surface area contributed by atoms with E-state index in [4.69, 9.17) is 14.0 Å². The minimum atomic E-state index is -0.232. The van der Waals surface area contributed by atoms with Gasteiger partial charge < -0.3 is 14.0 Å². The molecule has 0 N–H and O–H groups in total.